The van der Waals surface area contributed by atoms with E-state index in [0.717, 1.165) is 12.5 Å². The standard InChI is InChI=1S/2C20H43N/c1-20(2)18-16-14-12-10-8-6-4-3-5-7-9-11-13-15-17-19-21;1-4-5-6-7-8-9-10-11-12-13-14-15-16-17-18-19-20-21(2)3/h20H,3-19,21H2,1-2H3;4-20H2,1-3H3. The van der Waals surface area contributed by atoms with Gasteiger partial charge in [-0.25, -0.2) is 0 Å². The van der Waals surface area contributed by atoms with Crippen LogP contribution in [0, 0.1) is 5.92 Å². The van der Waals surface area contributed by atoms with E-state index in [2.05, 4.69) is 39.8 Å². The minimum atomic E-state index is 0.873. The van der Waals surface area contributed by atoms with Crippen LogP contribution in [-0.2, 0) is 0 Å². The summed E-state index contributed by atoms with van der Waals surface area (Å²) in [6.45, 7) is 9.10. The van der Waals surface area contributed by atoms with E-state index in [4.69, 9.17) is 5.73 Å². The Balaban J connectivity index is 0. The number of unbranched alkanes of at least 4 members (excludes halogenated alkanes) is 29. The molecule has 0 unspecified atom stereocenters. The summed E-state index contributed by atoms with van der Waals surface area (Å²) >= 11 is 0. The van der Waals surface area contributed by atoms with E-state index in [0.29, 0.717) is 0 Å². The molecule has 0 fully saturated rings. The second-order valence-electron chi connectivity index (χ2n) is 14.4. The molecule has 0 rings (SSSR count). The van der Waals surface area contributed by atoms with E-state index in [1.165, 1.54) is 212 Å². The first-order valence-corrected chi connectivity index (χ1v) is 19.9. The third-order valence-electron chi connectivity index (χ3n) is 8.94. The molecule has 0 saturated heterocycles. The Kier molecular flexibility index (Phi) is 42.9. The maximum Gasteiger partial charge on any atom is -0.00248 e. The normalized spacial score (nSPS) is 11.4. The van der Waals surface area contributed by atoms with Crippen LogP contribution in [0.1, 0.15) is 226 Å². The molecule has 2 nitrogen and oxygen atoms in total. The Morgan fingerprint density at radius 1 is 0.381 bits per heavy atom. The highest BCUT2D eigenvalue weighted by atomic mass is 15.0. The monoisotopic (exact) mass is 595 g/mol. The molecule has 0 aliphatic rings. The average Bonchev–Trinajstić information content (AvgIpc) is 2.97. The number of nitrogens with zero attached hydrogens (tertiary/aromatic N) is 1. The molecule has 0 heterocycles. The molecule has 0 bridgehead atoms. The Labute approximate surface area is 269 Å². The van der Waals surface area contributed by atoms with E-state index in [1.807, 2.05) is 0 Å². The van der Waals surface area contributed by atoms with Crippen molar-refractivity contribution >= 4 is 0 Å². The van der Waals surface area contributed by atoms with Crippen LogP contribution in [0.4, 0.5) is 0 Å². The lowest BCUT2D eigenvalue weighted by atomic mass is 10.0. The molecule has 256 valence electrons. The Hall–Kier alpha value is -0.0800. The van der Waals surface area contributed by atoms with Gasteiger partial charge in [0.15, 0.2) is 0 Å². The lowest BCUT2D eigenvalue weighted by molar-refractivity contribution is 0.389. The highest BCUT2D eigenvalue weighted by Gasteiger charge is 1.97. The van der Waals surface area contributed by atoms with Gasteiger partial charge >= 0.3 is 0 Å². The minimum absolute atomic E-state index is 0.873. The van der Waals surface area contributed by atoms with Gasteiger partial charge < -0.3 is 10.6 Å². The van der Waals surface area contributed by atoms with Crippen molar-refractivity contribution in [2.75, 3.05) is 27.2 Å². The summed E-state index contributed by atoms with van der Waals surface area (Å²) in [4.78, 5) is 2.30. The summed E-state index contributed by atoms with van der Waals surface area (Å²) in [5.41, 5.74) is 5.49. The molecule has 0 aromatic heterocycles. The van der Waals surface area contributed by atoms with E-state index in [-0.39, 0.29) is 0 Å². The summed E-state index contributed by atoms with van der Waals surface area (Å²) in [7, 11) is 4.34. The molecule has 42 heavy (non-hydrogen) atoms. The van der Waals surface area contributed by atoms with Gasteiger partial charge in [-0.1, -0.05) is 213 Å². The van der Waals surface area contributed by atoms with E-state index >= 15 is 0 Å². The predicted molar refractivity (Wildman–Crippen MR) is 196 cm³/mol. The molecule has 0 saturated carbocycles. The number of hydrogen-bond donors (Lipinski definition) is 1. The molecule has 0 amide bonds. The Morgan fingerprint density at radius 3 is 0.905 bits per heavy atom. The fourth-order valence-electron chi connectivity index (χ4n) is 5.97. The van der Waals surface area contributed by atoms with E-state index < -0.39 is 0 Å². The van der Waals surface area contributed by atoms with Gasteiger partial charge in [0.25, 0.3) is 0 Å². The minimum Gasteiger partial charge on any atom is -0.330 e. The maximum absolute atomic E-state index is 5.49. The molecular formula is C40H86N2. The van der Waals surface area contributed by atoms with Crippen molar-refractivity contribution in [1.82, 2.24) is 4.90 Å². The SMILES string of the molecule is CC(C)CCCCCCCCCCCCCCCCCN.CCCCCCCCCCCCCCCCCCN(C)C. The van der Waals surface area contributed by atoms with Crippen LogP contribution >= 0.6 is 0 Å². The summed E-state index contributed by atoms with van der Waals surface area (Å²) in [6.07, 6.45) is 46.2. The van der Waals surface area contributed by atoms with Crippen molar-refractivity contribution in [1.29, 1.82) is 0 Å². The molecule has 0 aliphatic carbocycles. The number of hydrogen-bond acceptors (Lipinski definition) is 2. The van der Waals surface area contributed by atoms with Crippen LogP contribution in [0.5, 0.6) is 0 Å². The van der Waals surface area contributed by atoms with Crippen molar-refractivity contribution in [3.63, 3.8) is 0 Å². The second kappa shape index (κ2) is 40.9. The van der Waals surface area contributed by atoms with Crippen LogP contribution in [0.15, 0.2) is 0 Å². The zero-order valence-corrected chi connectivity index (χ0v) is 30.6. The molecule has 2 N–H and O–H groups in total. The summed E-state index contributed by atoms with van der Waals surface area (Å²) in [5, 5.41) is 0. The van der Waals surface area contributed by atoms with Gasteiger partial charge in [-0.05, 0) is 45.9 Å². The van der Waals surface area contributed by atoms with Gasteiger partial charge in [0.1, 0.15) is 0 Å². The molecule has 0 aliphatic heterocycles. The zero-order valence-electron chi connectivity index (χ0n) is 30.6. The predicted octanol–water partition coefficient (Wildman–Crippen LogP) is 13.7. The topological polar surface area (TPSA) is 29.3 Å². The molecule has 0 spiro atoms. The molecule has 0 radical (unpaired) electrons. The van der Waals surface area contributed by atoms with Gasteiger partial charge in [0.05, 0.1) is 0 Å². The van der Waals surface area contributed by atoms with Crippen molar-refractivity contribution in [2.45, 2.75) is 226 Å². The van der Waals surface area contributed by atoms with E-state index in [1.54, 1.807) is 0 Å². The van der Waals surface area contributed by atoms with Crippen molar-refractivity contribution in [2.24, 2.45) is 11.7 Å². The third kappa shape index (κ3) is 46.9. The van der Waals surface area contributed by atoms with E-state index in [9.17, 15) is 0 Å². The molecular weight excluding hydrogens is 508 g/mol. The fraction of sp³-hybridized carbons (Fsp3) is 1.00. The van der Waals surface area contributed by atoms with Crippen LogP contribution < -0.4 is 5.73 Å². The van der Waals surface area contributed by atoms with Gasteiger partial charge in [0, 0.05) is 0 Å². The van der Waals surface area contributed by atoms with Crippen LogP contribution in [0.25, 0.3) is 0 Å². The molecule has 0 aromatic carbocycles. The first kappa shape index (κ1) is 44.0. The lowest BCUT2D eigenvalue weighted by Gasteiger charge is -2.08. The van der Waals surface area contributed by atoms with Crippen molar-refractivity contribution in [3.05, 3.63) is 0 Å². The third-order valence-corrected chi connectivity index (χ3v) is 8.94. The maximum atomic E-state index is 5.49. The molecule has 2 heteroatoms. The lowest BCUT2D eigenvalue weighted by Crippen LogP contribution is -2.12. The zero-order chi connectivity index (χ0) is 31.2. The molecule has 0 aromatic rings. The molecule has 0 atom stereocenters. The van der Waals surface area contributed by atoms with Gasteiger partial charge in [0.2, 0.25) is 0 Å². The Bertz CT molecular complexity index is 393. The van der Waals surface area contributed by atoms with Gasteiger partial charge in [-0.2, -0.15) is 0 Å². The van der Waals surface area contributed by atoms with Gasteiger partial charge in [-0.15, -0.1) is 0 Å². The average molecular weight is 595 g/mol. The fourth-order valence-corrected chi connectivity index (χ4v) is 5.97. The summed E-state index contributed by atoms with van der Waals surface area (Å²) < 4.78 is 0. The quantitative estimate of drug-likeness (QED) is 0.0751. The van der Waals surface area contributed by atoms with Crippen LogP contribution in [0.3, 0.4) is 0 Å². The first-order chi connectivity index (χ1) is 20.5. The van der Waals surface area contributed by atoms with Crippen LogP contribution in [-0.4, -0.2) is 32.1 Å². The summed E-state index contributed by atoms with van der Waals surface area (Å²) in [6, 6.07) is 0. The first-order valence-electron chi connectivity index (χ1n) is 19.9. The van der Waals surface area contributed by atoms with Gasteiger partial charge in [-0.3, -0.25) is 0 Å². The van der Waals surface area contributed by atoms with Crippen molar-refractivity contribution < 1.29 is 0 Å². The van der Waals surface area contributed by atoms with Crippen LogP contribution in [0.2, 0.25) is 0 Å². The Morgan fingerprint density at radius 2 is 0.643 bits per heavy atom. The number of nitrogens with two attached hydrogens (primary N) is 1. The largest absolute Gasteiger partial charge is 0.330 e. The highest BCUT2D eigenvalue weighted by Crippen LogP contribution is 2.15. The smallest absolute Gasteiger partial charge is 0.00248 e. The summed E-state index contributed by atoms with van der Waals surface area (Å²) in [5.74, 6) is 0.894. The number of rotatable bonds is 34. The van der Waals surface area contributed by atoms with Crippen molar-refractivity contribution in [3.8, 4) is 0 Å². The second-order valence-corrected chi connectivity index (χ2v) is 14.4. The highest BCUT2D eigenvalue weighted by molar-refractivity contribution is 4.53.